The van der Waals surface area contributed by atoms with E-state index < -0.39 is 5.60 Å². The number of ether oxygens (including phenoxy) is 1. The molecular weight excluding hydrogens is 282 g/mol. The summed E-state index contributed by atoms with van der Waals surface area (Å²) in [5.41, 5.74) is 6.92. The van der Waals surface area contributed by atoms with Crippen LogP contribution < -0.4 is 10.6 Å². The van der Waals surface area contributed by atoms with Crippen LogP contribution >= 0.6 is 0 Å². The minimum atomic E-state index is -0.537. The van der Waals surface area contributed by atoms with Gasteiger partial charge in [0, 0.05) is 31.0 Å². The maximum Gasteiger partial charge on any atom is 0.410 e. The molecule has 1 aliphatic heterocycles. The van der Waals surface area contributed by atoms with E-state index in [4.69, 9.17) is 10.5 Å². The number of aliphatic hydroxyl groups excluding tert-OH is 1. The summed E-state index contributed by atoms with van der Waals surface area (Å²) in [4.78, 5) is 16.0. The molecule has 6 heteroatoms. The van der Waals surface area contributed by atoms with Gasteiger partial charge < -0.3 is 20.5 Å². The molecule has 22 heavy (non-hydrogen) atoms. The largest absolute Gasteiger partial charge is 0.444 e. The molecule has 1 aromatic carbocycles. The summed E-state index contributed by atoms with van der Waals surface area (Å²) in [6.07, 6.45) is -0.372. The highest BCUT2D eigenvalue weighted by atomic mass is 16.6. The van der Waals surface area contributed by atoms with Crippen LogP contribution in [-0.4, -0.2) is 54.0 Å². The van der Waals surface area contributed by atoms with E-state index in [-0.39, 0.29) is 18.7 Å². The van der Waals surface area contributed by atoms with Crippen LogP contribution in [0.25, 0.3) is 0 Å². The first-order valence-electron chi connectivity index (χ1n) is 7.51. The lowest BCUT2D eigenvalue weighted by atomic mass is 10.1. The van der Waals surface area contributed by atoms with Gasteiger partial charge in [0.1, 0.15) is 5.60 Å². The molecule has 2 rings (SSSR count). The molecule has 0 aromatic heterocycles. The molecule has 0 bridgehead atoms. The molecule has 0 radical (unpaired) electrons. The number of benzene rings is 1. The van der Waals surface area contributed by atoms with Crippen molar-refractivity contribution in [2.24, 2.45) is 0 Å². The molecule has 0 spiro atoms. The maximum absolute atomic E-state index is 12.2. The summed E-state index contributed by atoms with van der Waals surface area (Å²) in [6.45, 7) is 7.20. The van der Waals surface area contributed by atoms with E-state index in [1.54, 1.807) is 4.90 Å². The first-order valence-corrected chi connectivity index (χ1v) is 7.51. The predicted molar refractivity (Wildman–Crippen MR) is 86.9 cm³/mol. The Labute approximate surface area is 131 Å². The van der Waals surface area contributed by atoms with E-state index in [0.717, 1.165) is 11.4 Å². The molecule has 1 atom stereocenters. The Kier molecular flexibility index (Phi) is 4.81. The van der Waals surface area contributed by atoms with Crippen LogP contribution in [0.2, 0.25) is 0 Å². The molecule has 1 heterocycles. The number of nitrogens with zero attached hydrogens (tertiary/aromatic N) is 2. The molecule has 0 unspecified atom stereocenters. The lowest BCUT2D eigenvalue weighted by Gasteiger charge is -2.42. The number of anilines is 2. The Morgan fingerprint density at radius 2 is 1.95 bits per heavy atom. The summed E-state index contributed by atoms with van der Waals surface area (Å²) in [5, 5.41) is 9.62. The molecule has 1 fully saturated rings. The number of carbonyl (C=O) groups is 1. The van der Waals surface area contributed by atoms with Gasteiger partial charge in [0.25, 0.3) is 0 Å². The first-order chi connectivity index (χ1) is 10.3. The zero-order chi connectivity index (χ0) is 16.3. The highest BCUT2D eigenvalue weighted by Crippen LogP contribution is 2.22. The minimum absolute atomic E-state index is 0.0925. The third-order valence-corrected chi connectivity index (χ3v) is 3.58. The molecule has 0 saturated carbocycles. The van der Waals surface area contributed by atoms with Crippen molar-refractivity contribution in [1.29, 1.82) is 0 Å². The van der Waals surface area contributed by atoms with Crippen molar-refractivity contribution in [1.82, 2.24) is 4.90 Å². The number of aliphatic hydroxyl groups is 1. The zero-order valence-corrected chi connectivity index (χ0v) is 13.5. The second kappa shape index (κ2) is 6.44. The van der Waals surface area contributed by atoms with Gasteiger partial charge in [-0.1, -0.05) is 0 Å². The number of carbonyl (C=O) groups excluding carboxylic acids is 1. The fourth-order valence-electron chi connectivity index (χ4n) is 2.49. The quantitative estimate of drug-likeness (QED) is 0.813. The van der Waals surface area contributed by atoms with Crippen LogP contribution in [0.5, 0.6) is 0 Å². The Hall–Kier alpha value is -1.95. The van der Waals surface area contributed by atoms with Gasteiger partial charge >= 0.3 is 6.09 Å². The Morgan fingerprint density at radius 3 is 2.50 bits per heavy atom. The summed E-state index contributed by atoms with van der Waals surface area (Å²) >= 11 is 0. The number of nitrogen functional groups attached to an aromatic ring is 1. The van der Waals surface area contributed by atoms with Crippen LogP contribution in [0.4, 0.5) is 16.2 Å². The van der Waals surface area contributed by atoms with Gasteiger partial charge in [0.2, 0.25) is 0 Å². The monoisotopic (exact) mass is 307 g/mol. The summed E-state index contributed by atoms with van der Waals surface area (Å²) in [6, 6.07) is 7.33. The van der Waals surface area contributed by atoms with Gasteiger partial charge in [-0.2, -0.15) is 0 Å². The second-order valence-corrected chi connectivity index (χ2v) is 6.55. The minimum Gasteiger partial charge on any atom is -0.444 e. The molecule has 6 nitrogen and oxygen atoms in total. The van der Waals surface area contributed by atoms with Crippen LogP contribution in [0.15, 0.2) is 24.3 Å². The average molecular weight is 307 g/mol. The van der Waals surface area contributed by atoms with Crippen molar-refractivity contribution >= 4 is 17.5 Å². The fraction of sp³-hybridized carbons (Fsp3) is 0.562. The van der Waals surface area contributed by atoms with Crippen molar-refractivity contribution in [3.63, 3.8) is 0 Å². The van der Waals surface area contributed by atoms with Gasteiger partial charge in [-0.05, 0) is 45.0 Å². The standard InChI is InChI=1S/C16H25N3O3/c1-16(2,3)22-15(21)19-9-8-18(10-14(19)11-20)13-6-4-12(17)5-7-13/h4-7,14,20H,8-11,17H2,1-3H3/t14-/m1/s1. The smallest absolute Gasteiger partial charge is 0.410 e. The highest BCUT2D eigenvalue weighted by molar-refractivity contribution is 5.69. The van der Waals surface area contributed by atoms with Crippen LogP contribution in [0, 0.1) is 0 Å². The molecule has 1 saturated heterocycles. The van der Waals surface area contributed by atoms with Crippen LogP contribution in [-0.2, 0) is 4.74 Å². The van der Waals surface area contributed by atoms with Crippen LogP contribution in [0.3, 0.4) is 0 Å². The van der Waals surface area contributed by atoms with E-state index >= 15 is 0 Å². The first kappa shape index (κ1) is 16.4. The maximum atomic E-state index is 12.2. The van der Waals surface area contributed by atoms with Gasteiger partial charge in [-0.25, -0.2) is 4.79 Å². The molecule has 3 N–H and O–H groups in total. The number of hydrogen-bond donors (Lipinski definition) is 2. The Balaban J connectivity index is 2.05. The van der Waals surface area contributed by atoms with E-state index in [1.165, 1.54) is 0 Å². The lowest BCUT2D eigenvalue weighted by Crippen LogP contribution is -2.57. The summed E-state index contributed by atoms with van der Waals surface area (Å²) in [7, 11) is 0. The molecule has 1 aliphatic rings. The van der Waals surface area contributed by atoms with Crippen LogP contribution in [0.1, 0.15) is 20.8 Å². The van der Waals surface area contributed by atoms with Crippen molar-refractivity contribution in [3.05, 3.63) is 24.3 Å². The highest BCUT2D eigenvalue weighted by Gasteiger charge is 2.33. The SMILES string of the molecule is CC(C)(C)OC(=O)N1CCN(c2ccc(N)cc2)C[C@@H]1CO. The molecular formula is C16H25N3O3. The zero-order valence-electron chi connectivity index (χ0n) is 13.5. The van der Waals surface area contributed by atoms with Crippen molar-refractivity contribution in [2.45, 2.75) is 32.4 Å². The number of rotatable bonds is 2. The van der Waals surface area contributed by atoms with Gasteiger partial charge in [0.05, 0.1) is 12.6 Å². The molecule has 1 amide bonds. The normalized spacial score (nSPS) is 19.2. The third-order valence-electron chi connectivity index (χ3n) is 3.58. The third kappa shape index (κ3) is 4.04. The van der Waals surface area contributed by atoms with Crippen molar-refractivity contribution in [2.75, 3.05) is 36.9 Å². The van der Waals surface area contributed by atoms with Gasteiger partial charge in [-0.3, -0.25) is 4.90 Å². The molecule has 0 aliphatic carbocycles. The summed E-state index contributed by atoms with van der Waals surface area (Å²) in [5.74, 6) is 0. The van der Waals surface area contributed by atoms with E-state index in [0.29, 0.717) is 19.6 Å². The topological polar surface area (TPSA) is 79.0 Å². The summed E-state index contributed by atoms with van der Waals surface area (Å²) < 4.78 is 5.41. The number of amides is 1. The van der Waals surface area contributed by atoms with Crippen molar-refractivity contribution in [3.8, 4) is 0 Å². The number of hydrogen-bond acceptors (Lipinski definition) is 5. The predicted octanol–water partition coefficient (Wildman–Crippen LogP) is 1.69. The molecule has 1 aromatic rings. The Morgan fingerprint density at radius 1 is 1.32 bits per heavy atom. The number of nitrogens with two attached hydrogens (primary N) is 1. The second-order valence-electron chi connectivity index (χ2n) is 6.55. The lowest BCUT2D eigenvalue weighted by molar-refractivity contribution is 0.00704. The molecule has 122 valence electrons. The van der Waals surface area contributed by atoms with Gasteiger partial charge in [0.15, 0.2) is 0 Å². The van der Waals surface area contributed by atoms with E-state index in [2.05, 4.69) is 4.90 Å². The number of piperazine rings is 1. The van der Waals surface area contributed by atoms with Crippen molar-refractivity contribution < 1.29 is 14.6 Å². The Bertz CT molecular complexity index is 510. The van der Waals surface area contributed by atoms with E-state index in [1.807, 2.05) is 45.0 Å². The van der Waals surface area contributed by atoms with Gasteiger partial charge in [-0.15, -0.1) is 0 Å². The fourth-order valence-corrected chi connectivity index (χ4v) is 2.49. The average Bonchev–Trinajstić information content (AvgIpc) is 2.45. The van der Waals surface area contributed by atoms with E-state index in [9.17, 15) is 9.90 Å².